The van der Waals surface area contributed by atoms with Crippen LogP contribution in [-0.4, -0.2) is 10.9 Å². The van der Waals surface area contributed by atoms with Crippen molar-refractivity contribution >= 4 is 17.5 Å². The highest BCUT2D eigenvalue weighted by molar-refractivity contribution is 6.31. The van der Waals surface area contributed by atoms with E-state index in [-0.39, 0.29) is 29.0 Å². The zero-order chi connectivity index (χ0) is 14.5. The van der Waals surface area contributed by atoms with Crippen LogP contribution >= 0.6 is 11.6 Å². The number of hydrogen-bond donors (Lipinski definition) is 1. The standard InChI is InChI=1S/C15H14ClFN2O/c1-10(14-7-2-3-8-18-14)19-15(20)9-11-12(16)5-4-6-13(11)17/h2-8,10H,9H2,1H3,(H,19,20). The van der Waals surface area contributed by atoms with Crippen molar-refractivity contribution in [2.24, 2.45) is 0 Å². The summed E-state index contributed by atoms with van der Waals surface area (Å²) in [5, 5.41) is 3.03. The molecule has 0 spiro atoms. The SMILES string of the molecule is CC(NC(=O)Cc1c(F)cccc1Cl)c1ccccn1. The molecular formula is C15H14ClFN2O. The average molecular weight is 293 g/mol. The van der Waals surface area contributed by atoms with E-state index in [1.165, 1.54) is 12.1 Å². The number of rotatable bonds is 4. The summed E-state index contributed by atoms with van der Waals surface area (Å²) in [5.74, 6) is -0.770. The van der Waals surface area contributed by atoms with Crippen LogP contribution in [-0.2, 0) is 11.2 Å². The first-order valence-electron chi connectivity index (χ1n) is 6.21. The topological polar surface area (TPSA) is 42.0 Å². The molecule has 20 heavy (non-hydrogen) atoms. The number of benzene rings is 1. The predicted octanol–water partition coefficient (Wildman–Crippen LogP) is 3.29. The summed E-state index contributed by atoms with van der Waals surface area (Å²) < 4.78 is 13.6. The number of halogens is 2. The van der Waals surface area contributed by atoms with Gasteiger partial charge in [0.05, 0.1) is 18.2 Å². The third-order valence-corrected chi connectivity index (χ3v) is 3.26. The second-order valence-corrected chi connectivity index (χ2v) is 4.83. The van der Waals surface area contributed by atoms with E-state index in [1.54, 1.807) is 18.3 Å². The summed E-state index contributed by atoms with van der Waals surface area (Å²) in [4.78, 5) is 16.1. The lowest BCUT2D eigenvalue weighted by atomic mass is 10.1. The largest absolute Gasteiger partial charge is 0.348 e. The van der Waals surface area contributed by atoms with Crippen LogP contribution < -0.4 is 5.32 Å². The fourth-order valence-corrected chi connectivity index (χ4v) is 2.09. The lowest BCUT2D eigenvalue weighted by molar-refractivity contribution is -0.121. The first-order valence-corrected chi connectivity index (χ1v) is 6.59. The molecule has 104 valence electrons. The Kier molecular flexibility index (Phi) is 4.69. The number of amides is 1. The van der Waals surface area contributed by atoms with Gasteiger partial charge in [0, 0.05) is 16.8 Å². The van der Waals surface area contributed by atoms with Gasteiger partial charge in [-0.15, -0.1) is 0 Å². The van der Waals surface area contributed by atoms with E-state index < -0.39 is 5.82 Å². The Labute approximate surface area is 121 Å². The summed E-state index contributed by atoms with van der Waals surface area (Å²) in [6.07, 6.45) is 1.56. The monoisotopic (exact) mass is 292 g/mol. The van der Waals surface area contributed by atoms with Crippen LogP contribution in [0.2, 0.25) is 5.02 Å². The molecule has 3 nitrogen and oxygen atoms in total. The maximum atomic E-state index is 13.6. The van der Waals surface area contributed by atoms with Crippen molar-refractivity contribution in [3.05, 3.63) is 64.7 Å². The number of nitrogens with one attached hydrogen (secondary N) is 1. The molecule has 0 fully saturated rings. The van der Waals surface area contributed by atoms with Gasteiger partial charge in [-0.25, -0.2) is 4.39 Å². The maximum absolute atomic E-state index is 13.6. The molecule has 2 rings (SSSR count). The van der Waals surface area contributed by atoms with Gasteiger partial charge in [-0.3, -0.25) is 9.78 Å². The molecule has 0 aliphatic rings. The molecule has 2 aromatic rings. The molecule has 1 aromatic carbocycles. The fourth-order valence-electron chi connectivity index (χ4n) is 1.86. The van der Waals surface area contributed by atoms with Gasteiger partial charge in [0.2, 0.25) is 5.91 Å². The Bertz CT molecular complexity index is 584. The van der Waals surface area contributed by atoms with E-state index in [0.717, 1.165) is 5.69 Å². The van der Waals surface area contributed by atoms with Crippen LogP contribution in [0.15, 0.2) is 42.6 Å². The van der Waals surface area contributed by atoms with E-state index in [0.29, 0.717) is 0 Å². The molecule has 1 amide bonds. The fraction of sp³-hybridized carbons (Fsp3) is 0.200. The zero-order valence-corrected chi connectivity index (χ0v) is 11.7. The Morgan fingerprint density at radius 1 is 1.35 bits per heavy atom. The highest BCUT2D eigenvalue weighted by Crippen LogP contribution is 2.19. The van der Waals surface area contributed by atoms with Gasteiger partial charge in [-0.1, -0.05) is 23.7 Å². The predicted molar refractivity (Wildman–Crippen MR) is 75.9 cm³/mol. The smallest absolute Gasteiger partial charge is 0.225 e. The molecule has 0 radical (unpaired) electrons. The van der Waals surface area contributed by atoms with Crippen molar-refractivity contribution in [2.45, 2.75) is 19.4 Å². The van der Waals surface area contributed by atoms with Gasteiger partial charge in [-0.05, 0) is 31.2 Å². The molecule has 5 heteroatoms. The van der Waals surface area contributed by atoms with Crippen molar-refractivity contribution in [3.8, 4) is 0 Å². The third-order valence-electron chi connectivity index (χ3n) is 2.91. The van der Waals surface area contributed by atoms with Crippen LogP contribution in [0.1, 0.15) is 24.2 Å². The minimum absolute atomic E-state index is 0.0946. The number of carbonyl (C=O) groups excluding carboxylic acids is 1. The van der Waals surface area contributed by atoms with E-state index in [9.17, 15) is 9.18 Å². The Balaban J connectivity index is 2.03. The van der Waals surface area contributed by atoms with Crippen LogP contribution in [0.5, 0.6) is 0 Å². The van der Waals surface area contributed by atoms with Crippen LogP contribution in [0, 0.1) is 5.82 Å². The first kappa shape index (κ1) is 14.5. The van der Waals surface area contributed by atoms with E-state index in [1.807, 2.05) is 19.1 Å². The molecule has 0 saturated heterocycles. The molecule has 0 saturated carbocycles. The Hall–Kier alpha value is -1.94. The van der Waals surface area contributed by atoms with Crippen LogP contribution in [0.3, 0.4) is 0 Å². The van der Waals surface area contributed by atoms with E-state index >= 15 is 0 Å². The van der Waals surface area contributed by atoms with E-state index in [4.69, 9.17) is 11.6 Å². The average Bonchev–Trinajstić information content (AvgIpc) is 2.44. The lowest BCUT2D eigenvalue weighted by Gasteiger charge is -2.13. The van der Waals surface area contributed by atoms with Gasteiger partial charge in [0.25, 0.3) is 0 Å². The maximum Gasteiger partial charge on any atom is 0.225 e. The Morgan fingerprint density at radius 3 is 2.80 bits per heavy atom. The molecule has 0 bridgehead atoms. The summed E-state index contributed by atoms with van der Waals surface area (Å²) in [5.41, 5.74) is 0.959. The molecule has 1 unspecified atom stereocenters. The first-order chi connectivity index (χ1) is 9.58. The number of carbonyl (C=O) groups is 1. The number of pyridine rings is 1. The number of aromatic nitrogens is 1. The molecule has 1 heterocycles. The van der Waals surface area contributed by atoms with Gasteiger partial charge >= 0.3 is 0 Å². The second-order valence-electron chi connectivity index (χ2n) is 4.42. The van der Waals surface area contributed by atoms with E-state index in [2.05, 4.69) is 10.3 Å². The normalized spacial score (nSPS) is 11.9. The second kappa shape index (κ2) is 6.48. The van der Waals surface area contributed by atoms with Crippen molar-refractivity contribution < 1.29 is 9.18 Å². The van der Waals surface area contributed by atoms with Gasteiger partial charge < -0.3 is 5.32 Å². The number of hydrogen-bond acceptors (Lipinski definition) is 2. The van der Waals surface area contributed by atoms with Crippen molar-refractivity contribution in [3.63, 3.8) is 0 Å². The van der Waals surface area contributed by atoms with Gasteiger partial charge in [0.15, 0.2) is 0 Å². The van der Waals surface area contributed by atoms with Crippen LogP contribution in [0.25, 0.3) is 0 Å². The molecular weight excluding hydrogens is 279 g/mol. The summed E-state index contributed by atoms with van der Waals surface area (Å²) in [7, 11) is 0. The zero-order valence-electron chi connectivity index (χ0n) is 10.9. The molecule has 1 atom stereocenters. The third kappa shape index (κ3) is 3.54. The highest BCUT2D eigenvalue weighted by Gasteiger charge is 2.14. The minimum atomic E-state index is -0.474. The van der Waals surface area contributed by atoms with Gasteiger partial charge in [-0.2, -0.15) is 0 Å². The highest BCUT2D eigenvalue weighted by atomic mass is 35.5. The Morgan fingerprint density at radius 2 is 2.15 bits per heavy atom. The molecule has 0 aliphatic carbocycles. The molecule has 0 aliphatic heterocycles. The summed E-state index contributed by atoms with van der Waals surface area (Å²) >= 11 is 5.89. The molecule has 1 aromatic heterocycles. The summed E-state index contributed by atoms with van der Waals surface area (Å²) in [6.45, 7) is 1.82. The van der Waals surface area contributed by atoms with Crippen LogP contribution in [0.4, 0.5) is 4.39 Å². The quantitative estimate of drug-likeness (QED) is 0.939. The lowest BCUT2D eigenvalue weighted by Crippen LogP contribution is -2.29. The van der Waals surface area contributed by atoms with Crippen molar-refractivity contribution in [1.82, 2.24) is 10.3 Å². The van der Waals surface area contributed by atoms with Gasteiger partial charge in [0.1, 0.15) is 5.82 Å². The molecule has 1 N–H and O–H groups in total. The minimum Gasteiger partial charge on any atom is -0.348 e. The van der Waals surface area contributed by atoms with Crippen molar-refractivity contribution in [1.29, 1.82) is 0 Å². The number of nitrogens with zero attached hydrogens (tertiary/aromatic N) is 1. The summed E-state index contributed by atoms with van der Waals surface area (Å²) in [6, 6.07) is 9.59. The van der Waals surface area contributed by atoms with Crippen molar-refractivity contribution in [2.75, 3.05) is 0 Å².